The van der Waals surface area contributed by atoms with Crippen LogP contribution in [0.4, 0.5) is 14.5 Å². The van der Waals surface area contributed by atoms with Crippen LogP contribution in [-0.4, -0.2) is 17.6 Å². The lowest BCUT2D eigenvalue weighted by Crippen LogP contribution is -2.58. The fourth-order valence-electron chi connectivity index (χ4n) is 3.19. The largest absolute Gasteiger partial charge is 0.369 e. The number of anilines is 1. The van der Waals surface area contributed by atoms with E-state index >= 15 is 0 Å². The van der Waals surface area contributed by atoms with E-state index in [2.05, 4.69) is 9.98 Å². The first-order chi connectivity index (χ1) is 10.9. The summed E-state index contributed by atoms with van der Waals surface area (Å²) in [7, 11) is 0. The minimum Gasteiger partial charge on any atom is -0.369 e. The van der Waals surface area contributed by atoms with E-state index in [4.69, 9.17) is 34.7 Å². The zero-order valence-corrected chi connectivity index (χ0v) is 13.6. The number of guanidine groups is 2. The summed E-state index contributed by atoms with van der Waals surface area (Å²) in [6, 6.07) is 1.05. The SMILES string of the molecule is NC1=NC2(CCCCC2)N(c2cc(F)c(Cl)c(F)c2Cl)C(N)=N1. The summed E-state index contributed by atoms with van der Waals surface area (Å²) in [4.78, 5) is 9.81. The molecule has 23 heavy (non-hydrogen) atoms. The van der Waals surface area contributed by atoms with E-state index in [9.17, 15) is 8.78 Å². The lowest BCUT2D eigenvalue weighted by Gasteiger charge is -2.45. The topological polar surface area (TPSA) is 80.0 Å². The predicted molar refractivity (Wildman–Crippen MR) is 87.9 cm³/mol. The molecule has 0 radical (unpaired) electrons. The molecule has 0 saturated heterocycles. The first-order valence-electron chi connectivity index (χ1n) is 7.18. The van der Waals surface area contributed by atoms with Gasteiger partial charge in [-0.3, -0.25) is 4.90 Å². The molecule has 3 rings (SSSR count). The first kappa shape index (κ1) is 16.3. The van der Waals surface area contributed by atoms with Gasteiger partial charge in [-0.05, 0) is 25.7 Å². The summed E-state index contributed by atoms with van der Waals surface area (Å²) in [6.45, 7) is 0. The van der Waals surface area contributed by atoms with Gasteiger partial charge in [-0.25, -0.2) is 13.8 Å². The van der Waals surface area contributed by atoms with Gasteiger partial charge in [-0.2, -0.15) is 4.99 Å². The van der Waals surface area contributed by atoms with Gasteiger partial charge in [0.2, 0.25) is 11.9 Å². The summed E-state index contributed by atoms with van der Waals surface area (Å²) in [5.74, 6) is -1.91. The van der Waals surface area contributed by atoms with Gasteiger partial charge in [-0.15, -0.1) is 0 Å². The van der Waals surface area contributed by atoms with Crippen LogP contribution in [0.25, 0.3) is 0 Å². The highest BCUT2D eigenvalue weighted by atomic mass is 35.5. The Kier molecular flexibility index (Phi) is 4.10. The van der Waals surface area contributed by atoms with Crippen LogP contribution >= 0.6 is 23.2 Å². The number of benzene rings is 1. The Balaban J connectivity index is 2.18. The van der Waals surface area contributed by atoms with Crippen LogP contribution in [0, 0.1) is 11.6 Å². The van der Waals surface area contributed by atoms with Gasteiger partial charge < -0.3 is 11.5 Å². The van der Waals surface area contributed by atoms with Gasteiger partial charge in [0, 0.05) is 6.07 Å². The van der Waals surface area contributed by atoms with E-state index in [0.29, 0.717) is 12.8 Å². The monoisotopic (exact) mass is 361 g/mol. The fourth-order valence-corrected chi connectivity index (χ4v) is 3.62. The molecule has 1 aliphatic carbocycles. The smallest absolute Gasteiger partial charge is 0.220 e. The average Bonchev–Trinajstić information content (AvgIpc) is 2.50. The third-order valence-corrected chi connectivity index (χ3v) is 4.88. The predicted octanol–water partition coefficient (Wildman–Crippen LogP) is 3.38. The van der Waals surface area contributed by atoms with Crippen LogP contribution in [0.2, 0.25) is 10.0 Å². The molecule has 1 saturated carbocycles. The average molecular weight is 362 g/mol. The van der Waals surface area contributed by atoms with E-state index in [1.54, 1.807) is 0 Å². The molecule has 1 aromatic rings. The zero-order valence-electron chi connectivity index (χ0n) is 12.1. The maximum atomic E-state index is 14.1. The highest BCUT2D eigenvalue weighted by Gasteiger charge is 2.44. The summed E-state index contributed by atoms with van der Waals surface area (Å²) in [5, 5.41) is -0.984. The van der Waals surface area contributed by atoms with Gasteiger partial charge >= 0.3 is 0 Å². The third kappa shape index (κ3) is 2.61. The maximum Gasteiger partial charge on any atom is 0.220 e. The Morgan fingerprint density at radius 3 is 2.39 bits per heavy atom. The Morgan fingerprint density at radius 2 is 1.74 bits per heavy atom. The van der Waals surface area contributed by atoms with Crippen molar-refractivity contribution in [2.45, 2.75) is 37.8 Å². The van der Waals surface area contributed by atoms with Crippen molar-refractivity contribution in [2.75, 3.05) is 4.90 Å². The summed E-state index contributed by atoms with van der Waals surface area (Å²) >= 11 is 11.6. The minimum absolute atomic E-state index is 0.00224. The molecule has 1 heterocycles. The Labute approximate surface area is 142 Å². The van der Waals surface area contributed by atoms with E-state index < -0.39 is 22.3 Å². The maximum absolute atomic E-state index is 14.1. The number of aliphatic imine (C=N–C) groups is 2. The molecule has 1 fully saturated rings. The van der Waals surface area contributed by atoms with Crippen LogP contribution in [0.5, 0.6) is 0 Å². The van der Waals surface area contributed by atoms with E-state index in [0.717, 1.165) is 25.3 Å². The molecule has 9 heteroatoms. The third-order valence-electron chi connectivity index (χ3n) is 4.18. The van der Waals surface area contributed by atoms with Crippen LogP contribution < -0.4 is 16.4 Å². The van der Waals surface area contributed by atoms with Crippen molar-refractivity contribution < 1.29 is 8.78 Å². The molecule has 0 atom stereocenters. The number of halogens is 4. The second-order valence-corrected chi connectivity index (χ2v) is 6.39. The molecule has 0 aromatic heterocycles. The lowest BCUT2D eigenvalue weighted by atomic mass is 9.87. The molecular formula is C14H15Cl2F2N5. The number of nitrogens with two attached hydrogens (primary N) is 2. The zero-order chi connectivity index (χ0) is 16.8. The number of hydrogen-bond donors (Lipinski definition) is 2. The molecule has 0 unspecified atom stereocenters. The normalized spacial score (nSPS) is 20.4. The molecule has 2 aliphatic rings. The molecule has 1 aromatic carbocycles. The molecule has 0 bridgehead atoms. The molecule has 5 nitrogen and oxygen atoms in total. The van der Waals surface area contributed by atoms with Crippen LogP contribution in [-0.2, 0) is 0 Å². The standard InChI is InChI=1S/C14H15Cl2F2N5/c15-9-7(17)6-8(10(16)11(9)18)23-13(20)21-12(19)22-14(23)4-2-1-3-5-14/h6H,1-5H2,(H4,19,20,21,22). The van der Waals surface area contributed by atoms with Gasteiger partial charge in [0.15, 0.2) is 5.82 Å². The summed E-state index contributed by atoms with van der Waals surface area (Å²) < 4.78 is 28.0. The second-order valence-electron chi connectivity index (χ2n) is 5.64. The highest BCUT2D eigenvalue weighted by molar-refractivity contribution is 6.37. The van der Waals surface area contributed by atoms with Crippen molar-refractivity contribution in [3.63, 3.8) is 0 Å². The molecule has 0 amide bonds. The quantitative estimate of drug-likeness (QED) is 0.594. The Hall–Kier alpha value is -1.60. The number of nitrogens with zero attached hydrogens (tertiary/aromatic N) is 3. The van der Waals surface area contributed by atoms with Gasteiger partial charge in [0.1, 0.15) is 21.5 Å². The van der Waals surface area contributed by atoms with Crippen LogP contribution in [0.3, 0.4) is 0 Å². The van der Waals surface area contributed by atoms with E-state index in [1.807, 2.05) is 0 Å². The van der Waals surface area contributed by atoms with Crippen molar-refractivity contribution in [3.05, 3.63) is 27.7 Å². The Morgan fingerprint density at radius 1 is 1.09 bits per heavy atom. The second kappa shape index (κ2) is 5.79. The fraction of sp³-hybridized carbons (Fsp3) is 0.429. The number of rotatable bonds is 1. The lowest BCUT2D eigenvalue weighted by molar-refractivity contribution is 0.305. The summed E-state index contributed by atoms with van der Waals surface area (Å²) in [6.07, 6.45) is 4.07. The minimum atomic E-state index is -1.04. The van der Waals surface area contributed by atoms with Crippen molar-refractivity contribution in [1.29, 1.82) is 0 Å². The van der Waals surface area contributed by atoms with Crippen LogP contribution in [0.1, 0.15) is 32.1 Å². The van der Waals surface area contributed by atoms with Gasteiger partial charge in [0.25, 0.3) is 0 Å². The molecular weight excluding hydrogens is 347 g/mol. The molecule has 1 aliphatic heterocycles. The van der Waals surface area contributed by atoms with Crippen molar-refractivity contribution in [1.82, 2.24) is 0 Å². The van der Waals surface area contributed by atoms with Crippen molar-refractivity contribution in [2.24, 2.45) is 21.5 Å². The van der Waals surface area contributed by atoms with E-state index in [1.165, 1.54) is 4.90 Å². The summed E-state index contributed by atoms with van der Waals surface area (Å²) in [5.41, 5.74) is 11.0. The molecule has 1 spiro atoms. The molecule has 124 valence electrons. The first-order valence-corrected chi connectivity index (χ1v) is 7.94. The van der Waals surface area contributed by atoms with Crippen LogP contribution in [0.15, 0.2) is 16.1 Å². The number of hydrogen-bond acceptors (Lipinski definition) is 5. The highest BCUT2D eigenvalue weighted by Crippen LogP contribution is 2.43. The molecule has 4 N–H and O–H groups in total. The van der Waals surface area contributed by atoms with Crippen molar-refractivity contribution >= 4 is 40.8 Å². The van der Waals surface area contributed by atoms with E-state index in [-0.39, 0.29) is 22.6 Å². The Bertz CT molecular complexity index is 714. The van der Waals surface area contributed by atoms with Gasteiger partial charge in [-0.1, -0.05) is 29.6 Å². The van der Waals surface area contributed by atoms with Crippen molar-refractivity contribution in [3.8, 4) is 0 Å². The van der Waals surface area contributed by atoms with Gasteiger partial charge in [0.05, 0.1) is 5.69 Å².